The Bertz CT molecular complexity index is 1640. The molecule has 4 rings (SSSR count). The van der Waals surface area contributed by atoms with Gasteiger partial charge in [0, 0.05) is 22.3 Å². The van der Waals surface area contributed by atoms with Gasteiger partial charge in [0.1, 0.15) is 0 Å². The van der Waals surface area contributed by atoms with Gasteiger partial charge >= 0.3 is 0 Å². The molecule has 0 N–H and O–H groups in total. The number of unbranched alkanes of at least 4 members (excludes halogenated alkanes) is 20. The van der Waals surface area contributed by atoms with E-state index in [0.29, 0.717) is 0 Å². The topological polar surface area (TPSA) is 0 Å². The van der Waals surface area contributed by atoms with Gasteiger partial charge in [0.25, 0.3) is 0 Å². The zero-order valence-electron chi connectivity index (χ0n) is 39.8. The number of allylic oxidation sites excluding steroid dienone is 2. The summed E-state index contributed by atoms with van der Waals surface area (Å²) < 4.78 is 8.80. The molecule has 2 aliphatic rings. The van der Waals surface area contributed by atoms with Crippen molar-refractivity contribution in [3.05, 3.63) is 96.2 Å². The molecule has 2 aliphatic heterocycles. The summed E-state index contributed by atoms with van der Waals surface area (Å²) in [5.41, 5.74) is 6.97. The van der Waals surface area contributed by atoms with Crippen molar-refractivity contribution >= 4 is 105 Å². The van der Waals surface area contributed by atoms with Crippen LogP contribution in [0.2, 0.25) is 0 Å². The standard InChI is InChI=1S/C56H78S8/c1-7-13-17-21-25-29-41-57-53-54(58-42-30-26-22-18-14-8-2)62-51(61-53)49(47-37-33-45(11-5)34-38-47)50(48-39-35-46(12-6)36-40-48)52-63-55(59-43-31-27-23-19-15-9-3)56(64-52)60-44-32-28-24-20-16-10-4/h5-6,33-40H,7-10,13-32,41-44H2,1-4H3. The number of thioether (sulfide) groups is 8. The first-order valence-corrected chi connectivity index (χ1v) is 32.1. The average Bonchev–Trinajstić information content (AvgIpc) is 3.92. The van der Waals surface area contributed by atoms with Crippen molar-refractivity contribution in [3.8, 4) is 24.7 Å². The molecule has 8 heteroatoms. The molecule has 0 bridgehead atoms. The predicted molar refractivity (Wildman–Crippen MR) is 310 cm³/mol. The van der Waals surface area contributed by atoms with E-state index >= 15 is 0 Å². The average molecular weight is 1010 g/mol. The Kier molecular flexibility index (Phi) is 31.0. The smallest absolute Gasteiger partial charge is 0.0660 e. The summed E-state index contributed by atoms with van der Waals surface area (Å²) >= 11 is 16.6. The Morgan fingerprint density at radius 3 is 0.828 bits per heavy atom. The lowest BCUT2D eigenvalue weighted by atomic mass is 9.93. The molecule has 0 atom stereocenters. The van der Waals surface area contributed by atoms with Crippen molar-refractivity contribution in [2.75, 3.05) is 23.0 Å². The molecule has 0 radical (unpaired) electrons. The van der Waals surface area contributed by atoms with Gasteiger partial charge in [-0.15, -0.1) is 59.9 Å². The first-order chi connectivity index (χ1) is 31.6. The maximum Gasteiger partial charge on any atom is 0.0660 e. The minimum Gasteiger partial charge on any atom is -0.117 e. The summed E-state index contributed by atoms with van der Waals surface area (Å²) in [5.74, 6) is 10.5. The van der Waals surface area contributed by atoms with Crippen LogP contribution in [-0.2, 0) is 0 Å². The monoisotopic (exact) mass is 1010 g/mol. The van der Waals surface area contributed by atoms with E-state index in [9.17, 15) is 0 Å². The molecule has 2 heterocycles. The van der Waals surface area contributed by atoms with Crippen molar-refractivity contribution < 1.29 is 0 Å². The highest BCUT2D eigenvalue weighted by atomic mass is 32.3. The second-order valence-electron chi connectivity index (χ2n) is 16.8. The summed E-state index contributed by atoms with van der Waals surface area (Å²) in [6.07, 6.45) is 43.9. The molecule has 64 heavy (non-hydrogen) atoms. The minimum atomic E-state index is 0.920. The third-order valence-electron chi connectivity index (χ3n) is 11.3. The van der Waals surface area contributed by atoms with Crippen LogP contribution in [0, 0.1) is 24.7 Å². The highest BCUT2D eigenvalue weighted by Gasteiger charge is 2.32. The fraction of sp³-hybridized carbons (Fsp3) is 0.571. The quantitative estimate of drug-likeness (QED) is 0.0489. The molecular weight excluding hydrogens is 929 g/mol. The molecule has 0 spiro atoms. The molecule has 0 saturated carbocycles. The molecule has 2 aromatic rings. The fourth-order valence-corrected chi connectivity index (χ4v) is 19.7. The van der Waals surface area contributed by atoms with Crippen LogP contribution >= 0.6 is 94.1 Å². The predicted octanol–water partition coefficient (Wildman–Crippen LogP) is 21.3. The van der Waals surface area contributed by atoms with Gasteiger partial charge < -0.3 is 0 Å². The van der Waals surface area contributed by atoms with Gasteiger partial charge in [0.2, 0.25) is 0 Å². The van der Waals surface area contributed by atoms with E-state index < -0.39 is 0 Å². The molecular formula is C56H78S8. The number of hydrogen-bond donors (Lipinski definition) is 0. The lowest BCUT2D eigenvalue weighted by Crippen LogP contribution is -1.96. The number of terminal acetylenes is 2. The van der Waals surface area contributed by atoms with Crippen LogP contribution in [0.3, 0.4) is 0 Å². The zero-order chi connectivity index (χ0) is 45.5. The highest BCUT2D eigenvalue weighted by Crippen LogP contribution is 2.65. The molecule has 0 aromatic heterocycles. The van der Waals surface area contributed by atoms with Gasteiger partial charge in [0.05, 0.1) is 25.4 Å². The molecule has 0 aliphatic carbocycles. The lowest BCUT2D eigenvalue weighted by Gasteiger charge is -2.19. The largest absolute Gasteiger partial charge is 0.117 e. The van der Waals surface area contributed by atoms with Gasteiger partial charge in [-0.2, -0.15) is 0 Å². The van der Waals surface area contributed by atoms with Crippen LogP contribution in [0.15, 0.2) is 74.0 Å². The summed E-state index contributed by atoms with van der Waals surface area (Å²) in [4.78, 5) is 0. The molecule has 0 unspecified atom stereocenters. The van der Waals surface area contributed by atoms with Crippen LogP contribution < -0.4 is 0 Å². The normalized spacial score (nSPS) is 13.9. The molecule has 0 amide bonds. The Labute approximate surface area is 427 Å². The molecule has 0 saturated heterocycles. The Morgan fingerprint density at radius 1 is 0.359 bits per heavy atom. The zero-order valence-corrected chi connectivity index (χ0v) is 46.4. The SMILES string of the molecule is C#Cc1ccc(C(=C2SC(SCCCCCCCC)=C(SCCCCCCCC)S2)C(=C2SC(SCCCCCCCC)=C(SCCCCCCCC)S2)c2ccc(C#C)cc2)cc1. The van der Waals surface area contributed by atoms with E-state index in [1.165, 1.54) is 225 Å². The summed E-state index contributed by atoms with van der Waals surface area (Å²) in [6.45, 7) is 9.23. The van der Waals surface area contributed by atoms with Gasteiger partial charge in [0.15, 0.2) is 0 Å². The maximum absolute atomic E-state index is 5.96. The molecule has 0 fully saturated rings. The van der Waals surface area contributed by atoms with E-state index in [1.54, 1.807) is 0 Å². The van der Waals surface area contributed by atoms with Crippen molar-refractivity contribution in [3.63, 3.8) is 0 Å². The van der Waals surface area contributed by atoms with Gasteiger partial charge in [-0.25, -0.2) is 0 Å². The Hall–Kier alpha value is -0.680. The summed E-state index contributed by atoms with van der Waals surface area (Å²) in [5, 5.41) is 0. The highest BCUT2D eigenvalue weighted by molar-refractivity contribution is 8.41. The summed E-state index contributed by atoms with van der Waals surface area (Å²) in [7, 11) is 0. The first-order valence-electron chi connectivity index (χ1n) is 24.9. The van der Waals surface area contributed by atoms with Crippen LogP contribution in [0.25, 0.3) is 11.1 Å². The van der Waals surface area contributed by atoms with Gasteiger partial charge in [-0.05, 0) is 84.1 Å². The minimum absolute atomic E-state index is 0.920. The second-order valence-corrected chi connectivity index (χ2v) is 26.8. The van der Waals surface area contributed by atoms with Crippen molar-refractivity contribution in [1.82, 2.24) is 0 Å². The van der Waals surface area contributed by atoms with E-state index in [-0.39, 0.29) is 0 Å². The summed E-state index contributed by atoms with van der Waals surface area (Å²) in [6, 6.07) is 17.7. The number of rotatable bonds is 35. The maximum atomic E-state index is 5.96. The van der Waals surface area contributed by atoms with Crippen molar-refractivity contribution in [2.24, 2.45) is 0 Å². The molecule has 0 nitrogen and oxygen atoms in total. The Morgan fingerprint density at radius 2 is 0.594 bits per heavy atom. The van der Waals surface area contributed by atoms with Crippen molar-refractivity contribution in [1.29, 1.82) is 0 Å². The van der Waals surface area contributed by atoms with Crippen LogP contribution in [0.4, 0.5) is 0 Å². The van der Waals surface area contributed by atoms with E-state index in [0.717, 1.165) is 11.1 Å². The van der Waals surface area contributed by atoms with Crippen LogP contribution in [0.5, 0.6) is 0 Å². The van der Waals surface area contributed by atoms with E-state index in [2.05, 4.69) is 135 Å². The second kappa shape index (κ2) is 35.4. The van der Waals surface area contributed by atoms with Crippen LogP contribution in [-0.4, -0.2) is 23.0 Å². The molecule has 350 valence electrons. The fourth-order valence-electron chi connectivity index (χ4n) is 7.49. The lowest BCUT2D eigenvalue weighted by molar-refractivity contribution is 0.627. The molecule has 2 aromatic carbocycles. The number of benzene rings is 2. The van der Waals surface area contributed by atoms with Crippen LogP contribution in [0.1, 0.15) is 204 Å². The van der Waals surface area contributed by atoms with Gasteiger partial charge in [-0.1, -0.05) is 239 Å². The first kappa shape index (κ1) is 55.9. The van der Waals surface area contributed by atoms with E-state index in [1.807, 2.05) is 47.0 Å². The number of hydrogen-bond acceptors (Lipinski definition) is 8. The van der Waals surface area contributed by atoms with Gasteiger partial charge in [-0.3, -0.25) is 0 Å². The third kappa shape index (κ3) is 20.9. The van der Waals surface area contributed by atoms with Crippen molar-refractivity contribution in [2.45, 2.75) is 182 Å². The van der Waals surface area contributed by atoms with E-state index in [4.69, 9.17) is 12.8 Å². The Balaban J connectivity index is 1.74. The third-order valence-corrected chi connectivity index (χ3v) is 22.7.